The number of carbonyl (C=O) groups is 2. The molecule has 2 amide bonds. The zero-order valence-electron chi connectivity index (χ0n) is 13.2. The lowest BCUT2D eigenvalue weighted by Gasteiger charge is -2.19. The van der Waals surface area contributed by atoms with Crippen molar-refractivity contribution >= 4 is 23.2 Å². The van der Waals surface area contributed by atoms with Crippen molar-refractivity contribution in [2.75, 3.05) is 19.6 Å². The number of likely N-dealkylation sites (N-methyl/N-ethyl adjacent to an activating group) is 2. The molecule has 2 aromatic heterocycles. The Kier molecular flexibility index (Phi) is 6.28. The first-order valence-electron chi connectivity index (χ1n) is 7.53. The standard InChI is InChI=1S/C15H20N4O3S/c1-3-16-12(20)9-19(4-2)14(21)6-5-13-17-18-15(22-13)11-7-8-23-10-11/h7-8,10H,3-6,9H2,1-2H3,(H,16,20). The molecule has 8 heteroatoms. The minimum Gasteiger partial charge on any atom is -0.421 e. The average molecular weight is 336 g/mol. The zero-order chi connectivity index (χ0) is 16.7. The second-order valence-corrected chi connectivity index (χ2v) is 5.65. The number of rotatable bonds is 8. The summed E-state index contributed by atoms with van der Waals surface area (Å²) in [4.78, 5) is 25.3. The fourth-order valence-corrected chi connectivity index (χ4v) is 2.66. The third-order valence-corrected chi connectivity index (χ3v) is 3.91. The number of nitrogens with zero attached hydrogens (tertiary/aromatic N) is 3. The molecule has 0 aliphatic heterocycles. The summed E-state index contributed by atoms with van der Waals surface area (Å²) in [6, 6.07) is 1.90. The van der Waals surface area contributed by atoms with E-state index in [1.54, 1.807) is 11.3 Å². The Hall–Kier alpha value is -2.22. The highest BCUT2D eigenvalue weighted by Crippen LogP contribution is 2.20. The largest absolute Gasteiger partial charge is 0.421 e. The molecule has 0 bridgehead atoms. The first-order chi connectivity index (χ1) is 11.1. The van der Waals surface area contributed by atoms with Gasteiger partial charge in [0.05, 0.1) is 6.54 Å². The van der Waals surface area contributed by atoms with Gasteiger partial charge in [0.25, 0.3) is 0 Å². The van der Waals surface area contributed by atoms with Crippen molar-refractivity contribution in [2.45, 2.75) is 26.7 Å². The summed E-state index contributed by atoms with van der Waals surface area (Å²) < 4.78 is 5.55. The number of nitrogens with one attached hydrogen (secondary N) is 1. The summed E-state index contributed by atoms with van der Waals surface area (Å²) in [6.07, 6.45) is 0.598. The van der Waals surface area contributed by atoms with Gasteiger partial charge in [0.2, 0.25) is 23.6 Å². The topological polar surface area (TPSA) is 88.3 Å². The highest BCUT2D eigenvalue weighted by atomic mass is 32.1. The van der Waals surface area contributed by atoms with Gasteiger partial charge in [-0.25, -0.2) is 0 Å². The van der Waals surface area contributed by atoms with E-state index in [4.69, 9.17) is 4.42 Å². The number of hydrogen-bond donors (Lipinski definition) is 1. The first-order valence-corrected chi connectivity index (χ1v) is 8.47. The van der Waals surface area contributed by atoms with Gasteiger partial charge in [-0.1, -0.05) is 0 Å². The molecule has 0 saturated heterocycles. The molecule has 0 unspecified atom stereocenters. The first kappa shape index (κ1) is 17.1. The van der Waals surface area contributed by atoms with Crippen LogP contribution >= 0.6 is 11.3 Å². The van der Waals surface area contributed by atoms with E-state index in [0.717, 1.165) is 5.56 Å². The van der Waals surface area contributed by atoms with Crippen LogP contribution in [0.2, 0.25) is 0 Å². The number of aromatic nitrogens is 2. The molecule has 0 aromatic carbocycles. The molecule has 0 saturated carbocycles. The van der Waals surface area contributed by atoms with Gasteiger partial charge in [-0.2, -0.15) is 11.3 Å². The van der Waals surface area contributed by atoms with Gasteiger partial charge < -0.3 is 14.6 Å². The highest BCUT2D eigenvalue weighted by Gasteiger charge is 2.17. The maximum Gasteiger partial charge on any atom is 0.248 e. The second kappa shape index (κ2) is 8.42. The van der Waals surface area contributed by atoms with E-state index in [1.165, 1.54) is 4.90 Å². The van der Waals surface area contributed by atoms with Crippen LogP contribution in [0.3, 0.4) is 0 Å². The Bertz CT molecular complexity index is 639. The summed E-state index contributed by atoms with van der Waals surface area (Å²) in [5, 5.41) is 14.5. The number of carbonyl (C=O) groups excluding carboxylic acids is 2. The minimum atomic E-state index is -0.153. The summed E-state index contributed by atoms with van der Waals surface area (Å²) in [5.74, 6) is 0.631. The van der Waals surface area contributed by atoms with Crippen LogP contribution in [-0.2, 0) is 16.0 Å². The molecular formula is C15H20N4O3S. The lowest BCUT2D eigenvalue weighted by molar-refractivity contribution is -0.135. The van der Waals surface area contributed by atoms with Crippen LogP contribution in [-0.4, -0.2) is 46.5 Å². The van der Waals surface area contributed by atoms with E-state index >= 15 is 0 Å². The normalized spacial score (nSPS) is 10.5. The molecular weight excluding hydrogens is 316 g/mol. The molecule has 2 heterocycles. The molecule has 7 nitrogen and oxygen atoms in total. The Labute approximate surface area is 138 Å². The summed E-state index contributed by atoms with van der Waals surface area (Å²) in [7, 11) is 0. The Morgan fingerprint density at radius 2 is 2.17 bits per heavy atom. The smallest absolute Gasteiger partial charge is 0.248 e. The predicted molar refractivity (Wildman–Crippen MR) is 86.9 cm³/mol. The number of aryl methyl sites for hydroxylation is 1. The SMILES string of the molecule is CCNC(=O)CN(CC)C(=O)CCc1nnc(-c2ccsc2)o1. The van der Waals surface area contributed by atoms with Gasteiger partial charge in [-0.05, 0) is 25.3 Å². The van der Waals surface area contributed by atoms with Crippen molar-refractivity contribution < 1.29 is 14.0 Å². The van der Waals surface area contributed by atoms with Gasteiger partial charge in [0.15, 0.2) is 0 Å². The molecule has 1 N–H and O–H groups in total. The number of thiophene rings is 1. The van der Waals surface area contributed by atoms with Crippen molar-refractivity contribution in [3.8, 4) is 11.5 Å². The van der Waals surface area contributed by atoms with Crippen molar-refractivity contribution in [2.24, 2.45) is 0 Å². The molecule has 0 aliphatic rings. The van der Waals surface area contributed by atoms with Gasteiger partial charge in [0.1, 0.15) is 0 Å². The van der Waals surface area contributed by atoms with Crippen LogP contribution in [0.1, 0.15) is 26.2 Å². The lowest BCUT2D eigenvalue weighted by atomic mass is 10.2. The average Bonchev–Trinajstić information content (AvgIpc) is 3.21. The van der Waals surface area contributed by atoms with Crippen LogP contribution in [0, 0.1) is 0 Å². The maximum absolute atomic E-state index is 12.2. The van der Waals surface area contributed by atoms with Gasteiger partial charge in [-0.15, -0.1) is 10.2 Å². The van der Waals surface area contributed by atoms with Crippen LogP contribution < -0.4 is 5.32 Å². The maximum atomic E-state index is 12.2. The second-order valence-electron chi connectivity index (χ2n) is 4.87. The Morgan fingerprint density at radius 1 is 1.35 bits per heavy atom. The van der Waals surface area contributed by atoms with E-state index in [-0.39, 0.29) is 24.8 Å². The third-order valence-electron chi connectivity index (χ3n) is 3.23. The molecule has 2 aromatic rings. The number of hydrogen-bond acceptors (Lipinski definition) is 6. The summed E-state index contributed by atoms with van der Waals surface area (Å²) in [5.41, 5.74) is 0.881. The van der Waals surface area contributed by atoms with E-state index in [0.29, 0.717) is 31.3 Å². The van der Waals surface area contributed by atoms with Crippen molar-refractivity contribution in [3.05, 3.63) is 22.7 Å². The Balaban J connectivity index is 1.86. The quantitative estimate of drug-likeness (QED) is 0.793. The van der Waals surface area contributed by atoms with E-state index in [9.17, 15) is 9.59 Å². The molecule has 0 fully saturated rings. The van der Waals surface area contributed by atoms with Gasteiger partial charge >= 0.3 is 0 Å². The molecule has 0 radical (unpaired) electrons. The lowest BCUT2D eigenvalue weighted by Crippen LogP contribution is -2.40. The molecule has 23 heavy (non-hydrogen) atoms. The third kappa shape index (κ3) is 4.88. The fourth-order valence-electron chi connectivity index (χ4n) is 2.03. The molecule has 0 spiro atoms. The van der Waals surface area contributed by atoms with Crippen LogP contribution in [0.4, 0.5) is 0 Å². The zero-order valence-corrected chi connectivity index (χ0v) is 14.1. The molecule has 0 aliphatic carbocycles. The van der Waals surface area contributed by atoms with Gasteiger partial charge in [0, 0.05) is 36.9 Å². The monoisotopic (exact) mass is 336 g/mol. The van der Waals surface area contributed by atoms with Crippen molar-refractivity contribution in [3.63, 3.8) is 0 Å². The fraction of sp³-hybridized carbons (Fsp3) is 0.467. The molecule has 2 rings (SSSR count). The van der Waals surface area contributed by atoms with Crippen molar-refractivity contribution in [1.29, 1.82) is 0 Å². The van der Waals surface area contributed by atoms with Gasteiger partial charge in [-0.3, -0.25) is 9.59 Å². The summed E-state index contributed by atoms with van der Waals surface area (Å²) in [6.45, 7) is 4.81. The van der Waals surface area contributed by atoms with E-state index in [2.05, 4.69) is 15.5 Å². The van der Waals surface area contributed by atoms with Crippen LogP contribution in [0.15, 0.2) is 21.2 Å². The van der Waals surface area contributed by atoms with E-state index < -0.39 is 0 Å². The molecule has 124 valence electrons. The minimum absolute atomic E-state index is 0.0765. The highest BCUT2D eigenvalue weighted by molar-refractivity contribution is 7.08. The predicted octanol–water partition coefficient (Wildman–Crippen LogP) is 1.72. The van der Waals surface area contributed by atoms with Crippen LogP contribution in [0.5, 0.6) is 0 Å². The van der Waals surface area contributed by atoms with Crippen molar-refractivity contribution in [1.82, 2.24) is 20.4 Å². The Morgan fingerprint density at radius 3 is 2.83 bits per heavy atom. The summed E-state index contributed by atoms with van der Waals surface area (Å²) >= 11 is 1.55. The van der Waals surface area contributed by atoms with E-state index in [1.807, 2.05) is 30.7 Å². The van der Waals surface area contributed by atoms with Crippen LogP contribution in [0.25, 0.3) is 11.5 Å². The molecule has 0 atom stereocenters. The number of amides is 2.